The van der Waals surface area contributed by atoms with Crippen molar-refractivity contribution in [3.05, 3.63) is 11.1 Å². The van der Waals surface area contributed by atoms with Gasteiger partial charge in [0.1, 0.15) is 0 Å². The van der Waals surface area contributed by atoms with Crippen LogP contribution < -0.4 is 0 Å². The summed E-state index contributed by atoms with van der Waals surface area (Å²) in [4.78, 5) is 35.6. The largest absolute Gasteiger partial charge is 0.478 e. The Balaban J connectivity index is 4.80. The number of carboxylic acids is 2. The number of carbonyl (C=O) groups is 3. The van der Waals surface area contributed by atoms with Gasteiger partial charge in [0, 0.05) is 44.9 Å². The van der Waals surface area contributed by atoms with E-state index in [0.717, 1.165) is 0 Å². The summed E-state index contributed by atoms with van der Waals surface area (Å²) in [6, 6.07) is 0. The predicted octanol–water partition coefficient (Wildman–Crippen LogP) is 0.374. The van der Waals surface area contributed by atoms with Crippen LogP contribution in [0.25, 0.3) is 0 Å². The highest BCUT2D eigenvalue weighted by Crippen LogP contribution is 2.13. The van der Waals surface area contributed by atoms with E-state index >= 15 is 0 Å². The van der Waals surface area contributed by atoms with Gasteiger partial charge < -0.3 is 24.6 Å². The lowest BCUT2D eigenvalue weighted by molar-refractivity contribution is -0.136. The van der Waals surface area contributed by atoms with Crippen LogP contribution in [-0.4, -0.2) is 73.5 Å². The second-order valence-corrected chi connectivity index (χ2v) is 4.58. The molecular weight excluding hydrogens is 294 g/mol. The van der Waals surface area contributed by atoms with Crippen LogP contribution in [0.15, 0.2) is 11.1 Å². The number of rotatable bonds is 11. The number of ether oxygens (including phenoxy) is 2. The molecule has 0 saturated heterocycles. The molecule has 0 aromatic heterocycles. The number of carboxylic acid groups (broad SMARTS) is 2. The molecule has 0 atom stereocenters. The molecule has 8 heteroatoms. The Hall–Kier alpha value is -1.93. The average Bonchev–Trinajstić information content (AvgIpc) is 2.46. The molecule has 2 N–H and O–H groups in total. The van der Waals surface area contributed by atoms with Crippen molar-refractivity contribution in [2.45, 2.75) is 19.8 Å². The molecule has 0 aromatic carbocycles. The third-order valence-corrected chi connectivity index (χ3v) is 3.10. The van der Waals surface area contributed by atoms with Gasteiger partial charge in [0.05, 0.1) is 13.2 Å². The third-order valence-electron chi connectivity index (χ3n) is 3.10. The fraction of sp³-hybridized carbons (Fsp3) is 0.643. The minimum atomic E-state index is -1.33. The summed E-state index contributed by atoms with van der Waals surface area (Å²) in [5.74, 6) is -2.90. The Bertz CT molecular complexity index is 423. The molecule has 0 rings (SSSR count). The zero-order valence-electron chi connectivity index (χ0n) is 13.1. The van der Waals surface area contributed by atoms with Gasteiger partial charge in [-0.05, 0) is 13.3 Å². The second-order valence-electron chi connectivity index (χ2n) is 4.58. The first-order valence-corrected chi connectivity index (χ1v) is 6.77. The van der Waals surface area contributed by atoms with Crippen molar-refractivity contribution in [1.29, 1.82) is 0 Å². The van der Waals surface area contributed by atoms with Gasteiger partial charge in [0.2, 0.25) is 5.91 Å². The predicted molar refractivity (Wildman–Crippen MR) is 77.5 cm³/mol. The van der Waals surface area contributed by atoms with Crippen LogP contribution in [0, 0.1) is 0 Å². The van der Waals surface area contributed by atoms with E-state index in [1.807, 2.05) is 0 Å². The molecule has 126 valence electrons. The standard InChI is InChI=1S/C14H23NO7/c1-10(13(17)18)11(14(19)20)4-5-12(16)15(6-8-21-2)7-9-22-3/h4-9H2,1-3H3,(H,17,18)(H,19,20)/b11-10+. The summed E-state index contributed by atoms with van der Waals surface area (Å²) in [6.07, 6.45) is -0.220. The average molecular weight is 317 g/mol. The quantitative estimate of drug-likeness (QED) is 0.529. The van der Waals surface area contributed by atoms with E-state index in [2.05, 4.69) is 0 Å². The first-order chi connectivity index (χ1) is 10.3. The van der Waals surface area contributed by atoms with Gasteiger partial charge in [-0.3, -0.25) is 4.79 Å². The lowest BCUT2D eigenvalue weighted by atomic mass is 10.0. The van der Waals surface area contributed by atoms with E-state index in [4.69, 9.17) is 19.7 Å². The van der Waals surface area contributed by atoms with Crippen molar-refractivity contribution < 1.29 is 34.1 Å². The first kappa shape index (κ1) is 20.1. The lowest BCUT2D eigenvalue weighted by Crippen LogP contribution is -2.36. The molecule has 8 nitrogen and oxygen atoms in total. The van der Waals surface area contributed by atoms with Gasteiger partial charge >= 0.3 is 11.9 Å². The van der Waals surface area contributed by atoms with E-state index in [1.165, 1.54) is 26.0 Å². The van der Waals surface area contributed by atoms with Crippen molar-refractivity contribution in [2.24, 2.45) is 0 Å². The molecule has 1 amide bonds. The molecule has 0 bridgehead atoms. The van der Waals surface area contributed by atoms with Crippen LogP contribution in [-0.2, 0) is 23.9 Å². The van der Waals surface area contributed by atoms with E-state index in [1.54, 1.807) is 0 Å². The van der Waals surface area contributed by atoms with Crippen molar-refractivity contribution in [2.75, 3.05) is 40.5 Å². The van der Waals surface area contributed by atoms with Gasteiger partial charge in [0.15, 0.2) is 0 Å². The lowest BCUT2D eigenvalue weighted by Gasteiger charge is -2.22. The Kier molecular flexibility index (Phi) is 9.80. The van der Waals surface area contributed by atoms with E-state index < -0.39 is 11.9 Å². The molecule has 0 aliphatic rings. The van der Waals surface area contributed by atoms with E-state index in [-0.39, 0.29) is 29.9 Å². The van der Waals surface area contributed by atoms with Gasteiger partial charge in [-0.2, -0.15) is 0 Å². The number of methoxy groups -OCH3 is 2. The minimum Gasteiger partial charge on any atom is -0.478 e. The number of amides is 1. The highest BCUT2D eigenvalue weighted by molar-refractivity contribution is 5.98. The van der Waals surface area contributed by atoms with Crippen LogP contribution in [0.2, 0.25) is 0 Å². The Morgan fingerprint density at radius 1 is 0.909 bits per heavy atom. The van der Waals surface area contributed by atoms with Gasteiger partial charge in [-0.15, -0.1) is 0 Å². The number of aliphatic carboxylic acids is 2. The van der Waals surface area contributed by atoms with Crippen LogP contribution in [0.3, 0.4) is 0 Å². The molecule has 0 heterocycles. The van der Waals surface area contributed by atoms with Gasteiger partial charge in [0.25, 0.3) is 0 Å². The summed E-state index contributed by atoms with van der Waals surface area (Å²) < 4.78 is 9.84. The van der Waals surface area contributed by atoms with Crippen molar-refractivity contribution in [3.8, 4) is 0 Å². The summed E-state index contributed by atoms with van der Waals surface area (Å²) in [5.41, 5.74) is -0.528. The molecule has 0 spiro atoms. The smallest absolute Gasteiger partial charge is 0.332 e. The minimum absolute atomic E-state index is 0.0836. The molecule has 22 heavy (non-hydrogen) atoms. The Morgan fingerprint density at radius 2 is 1.41 bits per heavy atom. The van der Waals surface area contributed by atoms with Crippen molar-refractivity contribution >= 4 is 17.8 Å². The van der Waals surface area contributed by atoms with Crippen LogP contribution >= 0.6 is 0 Å². The highest BCUT2D eigenvalue weighted by atomic mass is 16.5. The number of nitrogens with zero attached hydrogens (tertiary/aromatic N) is 1. The maximum absolute atomic E-state index is 12.1. The zero-order chi connectivity index (χ0) is 17.1. The topological polar surface area (TPSA) is 113 Å². The highest BCUT2D eigenvalue weighted by Gasteiger charge is 2.19. The molecule has 0 fully saturated rings. The van der Waals surface area contributed by atoms with Crippen LogP contribution in [0.4, 0.5) is 0 Å². The summed E-state index contributed by atoms with van der Waals surface area (Å²) in [5, 5.41) is 17.9. The molecule has 0 unspecified atom stereocenters. The maximum Gasteiger partial charge on any atom is 0.332 e. The number of hydrogen-bond acceptors (Lipinski definition) is 5. The number of carbonyl (C=O) groups excluding carboxylic acids is 1. The molecule has 0 aliphatic carbocycles. The molecule has 0 radical (unpaired) electrons. The monoisotopic (exact) mass is 317 g/mol. The summed E-state index contributed by atoms with van der Waals surface area (Å²) in [6.45, 7) is 2.64. The van der Waals surface area contributed by atoms with Gasteiger partial charge in [-0.25, -0.2) is 9.59 Å². The second kappa shape index (κ2) is 10.7. The summed E-state index contributed by atoms with van der Waals surface area (Å²) >= 11 is 0. The fourth-order valence-electron chi connectivity index (χ4n) is 1.74. The Labute approximate surface area is 129 Å². The SMILES string of the molecule is COCCN(CCOC)C(=O)CC/C(C(=O)O)=C(/C)C(=O)O. The van der Waals surface area contributed by atoms with E-state index in [9.17, 15) is 14.4 Å². The van der Waals surface area contributed by atoms with Gasteiger partial charge in [-0.1, -0.05) is 0 Å². The molecule has 0 saturated carbocycles. The number of hydrogen-bond donors (Lipinski definition) is 2. The normalized spacial score (nSPS) is 11.8. The molecule has 0 aromatic rings. The molecule has 0 aliphatic heterocycles. The Morgan fingerprint density at radius 3 is 1.77 bits per heavy atom. The van der Waals surface area contributed by atoms with Crippen molar-refractivity contribution in [1.82, 2.24) is 4.90 Å². The molecular formula is C14H23NO7. The van der Waals surface area contributed by atoms with Crippen LogP contribution in [0.5, 0.6) is 0 Å². The maximum atomic E-state index is 12.1. The van der Waals surface area contributed by atoms with E-state index in [0.29, 0.717) is 26.3 Å². The summed E-state index contributed by atoms with van der Waals surface area (Å²) in [7, 11) is 3.03. The fourth-order valence-corrected chi connectivity index (χ4v) is 1.74. The third kappa shape index (κ3) is 7.19. The first-order valence-electron chi connectivity index (χ1n) is 6.77. The van der Waals surface area contributed by atoms with Crippen molar-refractivity contribution in [3.63, 3.8) is 0 Å². The zero-order valence-corrected chi connectivity index (χ0v) is 13.1. The van der Waals surface area contributed by atoms with Crippen LogP contribution in [0.1, 0.15) is 19.8 Å².